The first-order valence-corrected chi connectivity index (χ1v) is 13.8. The number of carbonyl (C=O) groups is 1. The van der Waals surface area contributed by atoms with E-state index in [-0.39, 0.29) is 24.3 Å². The van der Waals surface area contributed by atoms with E-state index in [1.165, 1.54) is 15.9 Å². The molecule has 1 atom stereocenters. The number of rotatable bonds is 6. The number of aromatic nitrogens is 1. The number of esters is 1. The van der Waals surface area contributed by atoms with Gasteiger partial charge in [-0.25, -0.2) is 9.79 Å². The summed E-state index contributed by atoms with van der Waals surface area (Å²) in [5.74, 6) is 2.51. The van der Waals surface area contributed by atoms with Gasteiger partial charge in [-0.15, -0.1) is 6.42 Å². The second kappa shape index (κ2) is 11.3. The summed E-state index contributed by atoms with van der Waals surface area (Å²) in [6.45, 7) is 3.74. The smallest absolute Gasteiger partial charge is 0.338 e. The van der Waals surface area contributed by atoms with Crippen LogP contribution in [0, 0.1) is 15.9 Å². The van der Waals surface area contributed by atoms with Gasteiger partial charge in [0.15, 0.2) is 4.80 Å². The molecule has 0 amide bonds. The van der Waals surface area contributed by atoms with Crippen LogP contribution in [0.3, 0.4) is 0 Å². The molecule has 0 spiro atoms. The molecule has 0 bridgehead atoms. The Bertz CT molecular complexity index is 1620. The molecule has 1 aromatic heterocycles. The highest BCUT2D eigenvalue weighted by Gasteiger charge is 2.34. The number of nitrogens with zero attached hydrogens (tertiary/aromatic N) is 2. The Morgan fingerprint density at radius 3 is 2.83 bits per heavy atom. The summed E-state index contributed by atoms with van der Waals surface area (Å²) in [7, 11) is 0. The van der Waals surface area contributed by atoms with Crippen LogP contribution in [0.5, 0.6) is 5.75 Å². The van der Waals surface area contributed by atoms with E-state index in [0.29, 0.717) is 36.9 Å². The third-order valence-corrected chi connectivity index (χ3v) is 7.93. The van der Waals surface area contributed by atoms with Gasteiger partial charge in [-0.2, -0.15) is 0 Å². The molecule has 6 nitrogen and oxygen atoms in total. The highest BCUT2D eigenvalue weighted by Crippen LogP contribution is 2.35. The number of hydrogen-bond donors (Lipinski definition) is 0. The van der Waals surface area contributed by atoms with Crippen molar-refractivity contribution in [2.24, 2.45) is 4.99 Å². The van der Waals surface area contributed by atoms with Crippen LogP contribution in [0.15, 0.2) is 61.9 Å². The maximum absolute atomic E-state index is 13.8. The van der Waals surface area contributed by atoms with Gasteiger partial charge in [-0.3, -0.25) is 9.36 Å². The van der Waals surface area contributed by atoms with Crippen molar-refractivity contribution in [3.8, 4) is 18.1 Å². The van der Waals surface area contributed by atoms with Gasteiger partial charge in [-0.05, 0) is 66.3 Å². The van der Waals surface area contributed by atoms with Crippen molar-refractivity contribution in [3.63, 3.8) is 0 Å². The van der Waals surface area contributed by atoms with Gasteiger partial charge >= 0.3 is 5.97 Å². The summed E-state index contributed by atoms with van der Waals surface area (Å²) in [6, 6.07) is 10.1. The standard InChI is InChI=1S/C26H19BrClIN2O4S/c1-4-10-35-23-15(11-16(27)13-19(23)29)12-20-24(32)31-22(17-8-6-7-9-18(17)28)21(25(33)34-5-2)14(3)30-26(31)36-20/h1,6-9,11-13,22H,5,10H2,2-3H3/b20-12-/t22-/m0/s1. The van der Waals surface area contributed by atoms with Crippen LogP contribution in [-0.4, -0.2) is 23.8 Å². The average Bonchev–Trinajstić information content (AvgIpc) is 3.12. The highest BCUT2D eigenvalue weighted by molar-refractivity contribution is 14.1. The number of thiazole rings is 1. The number of carbonyl (C=O) groups excluding carboxylic acids is 1. The molecule has 1 aliphatic rings. The summed E-state index contributed by atoms with van der Waals surface area (Å²) >= 11 is 13.4. The van der Waals surface area contributed by atoms with Crippen LogP contribution in [0.2, 0.25) is 5.02 Å². The third-order valence-electron chi connectivity index (χ3n) is 5.34. The first-order valence-electron chi connectivity index (χ1n) is 10.8. The molecule has 36 heavy (non-hydrogen) atoms. The molecule has 10 heteroatoms. The fourth-order valence-electron chi connectivity index (χ4n) is 3.88. The Kier molecular flexibility index (Phi) is 8.40. The van der Waals surface area contributed by atoms with E-state index in [2.05, 4.69) is 49.4 Å². The molecule has 0 N–H and O–H groups in total. The summed E-state index contributed by atoms with van der Waals surface area (Å²) in [6.07, 6.45) is 7.14. The fourth-order valence-corrected chi connectivity index (χ4v) is 6.86. The van der Waals surface area contributed by atoms with Crippen molar-refractivity contribution in [3.05, 3.63) is 91.5 Å². The van der Waals surface area contributed by atoms with Gasteiger partial charge in [-0.1, -0.05) is 63.0 Å². The second-order valence-electron chi connectivity index (χ2n) is 7.62. The normalized spacial score (nSPS) is 15.2. The topological polar surface area (TPSA) is 69.9 Å². The number of terminal acetylenes is 1. The number of fused-ring (bicyclic) bond motifs is 1. The molecular formula is C26H19BrClIN2O4S. The van der Waals surface area contributed by atoms with Crippen molar-refractivity contribution in [2.45, 2.75) is 19.9 Å². The summed E-state index contributed by atoms with van der Waals surface area (Å²) in [5, 5.41) is 0.431. The minimum absolute atomic E-state index is 0.0916. The molecule has 0 radical (unpaired) electrons. The van der Waals surface area contributed by atoms with Crippen molar-refractivity contribution >= 4 is 73.5 Å². The lowest BCUT2D eigenvalue weighted by molar-refractivity contribution is -0.139. The van der Waals surface area contributed by atoms with E-state index >= 15 is 0 Å². The molecular weight excluding hydrogens is 679 g/mol. The quantitative estimate of drug-likeness (QED) is 0.210. The van der Waals surface area contributed by atoms with Crippen LogP contribution < -0.4 is 19.6 Å². The number of benzene rings is 2. The van der Waals surface area contributed by atoms with E-state index in [9.17, 15) is 9.59 Å². The molecule has 4 rings (SSSR count). The SMILES string of the molecule is C#CCOc1c(I)cc(Br)cc1/C=c1\sc2n(c1=O)[C@@H](c1ccccc1Cl)C(C(=O)OCC)=C(C)N=2. The Hall–Kier alpha value is -2.39. The van der Waals surface area contributed by atoms with Crippen molar-refractivity contribution in [1.29, 1.82) is 0 Å². The number of allylic oxidation sites excluding steroid dienone is 1. The molecule has 0 saturated heterocycles. The zero-order valence-corrected chi connectivity index (χ0v) is 24.5. The minimum atomic E-state index is -0.782. The van der Waals surface area contributed by atoms with Crippen LogP contribution in [0.4, 0.5) is 0 Å². The molecule has 3 aromatic rings. The number of halogens is 3. The second-order valence-corrected chi connectivity index (χ2v) is 11.1. The van der Waals surface area contributed by atoms with E-state index in [0.717, 1.165) is 8.04 Å². The summed E-state index contributed by atoms with van der Waals surface area (Å²) in [4.78, 5) is 31.9. The summed E-state index contributed by atoms with van der Waals surface area (Å²) in [5.41, 5.74) is 1.74. The average molecular weight is 698 g/mol. The van der Waals surface area contributed by atoms with Crippen LogP contribution in [-0.2, 0) is 9.53 Å². The molecule has 2 heterocycles. The van der Waals surface area contributed by atoms with Gasteiger partial charge in [0.2, 0.25) is 0 Å². The molecule has 2 aromatic carbocycles. The maximum atomic E-state index is 13.8. The van der Waals surface area contributed by atoms with Crippen LogP contribution in [0.1, 0.15) is 31.0 Å². The van der Waals surface area contributed by atoms with Gasteiger partial charge in [0, 0.05) is 15.1 Å². The molecule has 0 aliphatic carbocycles. The summed E-state index contributed by atoms with van der Waals surface area (Å²) < 4.78 is 14.7. The Morgan fingerprint density at radius 2 is 2.14 bits per heavy atom. The van der Waals surface area contributed by atoms with E-state index in [1.54, 1.807) is 38.1 Å². The Labute approximate surface area is 238 Å². The predicted octanol–water partition coefficient (Wildman–Crippen LogP) is 4.83. The lowest BCUT2D eigenvalue weighted by Crippen LogP contribution is -2.40. The maximum Gasteiger partial charge on any atom is 0.338 e. The zero-order valence-electron chi connectivity index (χ0n) is 19.2. The number of ether oxygens (including phenoxy) is 2. The molecule has 184 valence electrons. The van der Waals surface area contributed by atoms with Gasteiger partial charge < -0.3 is 9.47 Å². The van der Waals surface area contributed by atoms with Crippen molar-refractivity contribution in [1.82, 2.24) is 4.57 Å². The van der Waals surface area contributed by atoms with E-state index < -0.39 is 12.0 Å². The Balaban J connectivity index is 1.99. The molecule has 0 fully saturated rings. The first-order chi connectivity index (χ1) is 17.3. The first kappa shape index (κ1) is 26.7. The minimum Gasteiger partial charge on any atom is -0.479 e. The lowest BCUT2D eigenvalue weighted by atomic mass is 9.96. The van der Waals surface area contributed by atoms with Crippen molar-refractivity contribution in [2.75, 3.05) is 13.2 Å². The fraction of sp³-hybridized carbons (Fsp3) is 0.192. The molecule has 0 unspecified atom stereocenters. The number of hydrogen-bond acceptors (Lipinski definition) is 6. The predicted molar refractivity (Wildman–Crippen MR) is 153 cm³/mol. The lowest BCUT2D eigenvalue weighted by Gasteiger charge is -2.25. The van der Waals surface area contributed by atoms with Crippen molar-refractivity contribution < 1.29 is 14.3 Å². The molecule has 0 saturated carbocycles. The van der Waals surface area contributed by atoms with Crippen LogP contribution >= 0.6 is 61.5 Å². The highest BCUT2D eigenvalue weighted by atomic mass is 127. The van der Waals surface area contributed by atoms with Gasteiger partial charge in [0.25, 0.3) is 5.56 Å². The zero-order chi connectivity index (χ0) is 26.0. The largest absolute Gasteiger partial charge is 0.479 e. The monoisotopic (exact) mass is 696 g/mol. The van der Waals surface area contributed by atoms with Crippen LogP contribution in [0.25, 0.3) is 6.08 Å². The Morgan fingerprint density at radius 1 is 1.39 bits per heavy atom. The van der Waals surface area contributed by atoms with Gasteiger partial charge in [0.05, 0.1) is 26.0 Å². The molecule has 1 aliphatic heterocycles. The third kappa shape index (κ3) is 5.18. The van der Waals surface area contributed by atoms with Gasteiger partial charge in [0.1, 0.15) is 18.4 Å². The van der Waals surface area contributed by atoms with E-state index in [1.807, 2.05) is 18.2 Å². The van der Waals surface area contributed by atoms with E-state index in [4.69, 9.17) is 27.5 Å².